The van der Waals surface area contributed by atoms with E-state index in [1.807, 2.05) is 54.6 Å². The molecule has 1 aliphatic rings. The first kappa shape index (κ1) is 16.6. The van der Waals surface area contributed by atoms with Crippen molar-refractivity contribution >= 4 is 5.97 Å². The summed E-state index contributed by atoms with van der Waals surface area (Å²) in [5, 5.41) is 0. The van der Waals surface area contributed by atoms with Crippen LogP contribution < -0.4 is 5.73 Å². The molecule has 4 rings (SSSR count). The van der Waals surface area contributed by atoms with Gasteiger partial charge in [-0.2, -0.15) is 0 Å². The fourth-order valence-corrected chi connectivity index (χ4v) is 3.66. The van der Waals surface area contributed by atoms with Crippen LogP contribution in [0.15, 0.2) is 78.9 Å². The largest absolute Gasteiger partial charge is 0.464 e. The molecule has 0 bridgehead atoms. The molecular formula is C23H21NO2. The molecule has 3 aromatic rings. The Hall–Kier alpha value is -2.91. The summed E-state index contributed by atoms with van der Waals surface area (Å²) in [4.78, 5) is 12.4. The minimum Gasteiger partial charge on any atom is -0.464 e. The van der Waals surface area contributed by atoms with E-state index in [0.717, 1.165) is 5.56 Å². The number of carbonyl (C=O) groups is 1. The molecule has 26 heavy (non-hydrogen) atoms. The van der Waals surface area contributed by atoms with Gasteiger partial charge in [-0.3, -0.25) is 4.79 Å². The normalized spacial score (nSPS) is 13.7. The van der Waals surface area contributed by atoms with Crippen LogP contribution in [0.3, 0.4) is 0 Å². The quantitative estimate of drug-likeness (QED) is 0.715. The molecule has 3 aromatic carbocycles. The first-order valence-electron chi connectivity index (χ1n) is 8.88. The van der Waals surface area contributed by atoms with Crippen LogP contribution in [-0.4, -0.2) is 18.6 Å². The van der Waals surface area contributed by atoms with E-state index in [4.69, 9.17) is 10.5 Å². The molecule has 0 spiro atoms. The number of ether oxygens (including phenoxy) is 1. The lowest BCUT2D eigenvalue weighted by Gasteiger charge is -2.16. The van der Waals surface area contributed by atoms with E-state index in [2.05, 4.69) is 24.3 Å². The van der Waals surface area contributed by atoms with Gasteiger partial charge in [0.05, 0.1) is 0 Å². The van der Waals surface area contributed by atoms with Gasteiger partial charge in [-0.15, -0.1) is 0 Å². The van der Waals surface area contributed by atoms with Gasteiger partial charge in [-0.1, -0.05) is 78.9 Å². The lowest BCUT2D eigenvalue weighted by Crippen LogP contribution is -2.35. The van der Waals surface area contributed by atoms with Gasteiger partial charge in [0, 0.05) is 5.92 Å². The average Bonchev–Trinajstić information content (AvgIpc) is 3.01. The van der Waals surface area contributed by atoms with Crippen LogP contribution in [-0.2, 0) is 16.0 Å². The van der Waals surface area contributed by atoms with E-state index in [-0.39, 0.29) is 11.9 Å². The molecule has 0 amide bonds. The van der Waals surface area contributed by atoms with Crippen LogP contribution in [0, 0.1) is 0 Å². The molecular weight excluding hydrogens is 322 g/mol. The topological polar surface area (TPSA) is 52.3 Å². The molecule has 0 aliphatic heterocycles. The highest BCUT2D eigenvalue weighted by Gasteiger charge is 2.29. The summed E-state index contributed by atoms with van der Waals surface area (Å²) < 4.78 is 5.61. The summed E-state index contributed by atoms with van der Waals surface area (Å²) in [6.07, 6.45) is 0.484. The van der Waals surface area contributed by atoms with E-state index in [0.29, 0.717) is 13.0 Å². The first-order chi connectivity index (χ1) is 12.7. The number of hydrogen-bond donors (Lipinski definition) is 1. The van der Waals surface area contributed by atoms with Gasteiger partial charge in [0.25, 0.3) is 0 Å². The third-order valence-corrected chi connectivity index (χ3v) is 4.96. The number of fused-ring (bicyclic) bond motifs is 3. The SMILES string of the molecule is N[C@@H](Cc1ccccc1)C(=O)OCC1c2ccccc2-c2ccccc21. The summed E-state index contributed by atoms with van der Waals surface area (Å²) in [6, 6.07) is 25.7. The molecule has 1 atom stereocenters. The number of rotatable bonds is 5. The maximum atomic E-state index is 12.4. The molecule has 0 aromatic heterocycles. The van der Waals surface area contributed by atoms with Crippen molar-refractivity contribution < 1.29 is 9.53 Å². The van der Waals surface area contributed by atoms with Crippen LogP contribution in [0.5, 0.6) is 0 Å². The fraction of sp³-hybridized carbons (Fsp3) is 0.174. The smallest absolute Gasteiger partial charge is 0.323 e. The number of benzene rings is 3. The first-order valence-corrected chi connectivity index (χ1v) is 8.88. The second-order valence-corrected chi connectivity index (χ2v) is 6.65. The Bertz CT molecular complexity index is 875. The number of esters is 1. The highest BCUT2D eigenvalue weighted by Crippen LogP contribution is 2.44. The van der Waals surface area contributed by atoms with Crippen molar-refractivity contribution in [3.63, 3.8) is 0 Å². The van der Waals surface area contributed by atoms with Crippen LogP contribution in [0.4, 0.5) is 0 Å². The Morgan fingerprint density at radius 2 is 1.38 bits per heavy atom. The molecule has 0 heterocycles. The Morgan fingerprint density at radius 3 is 2.00 bits per heavy atom. The lowest BCUT2D eigenvalue weighted by atomic mass is 9.98. The predicted molar refractivity (Wildman–Crippen MR) is 103 cm³/mol. The van der Waals surface area contributed by atoms with E-state index in [1.54, 1.807) is 0 Å². The Morgan fingerprint density at radius 1 is 0.846 bits per heavy atom. The van der Waals surface area contributed by atoms with Gasteiger partial charge in [-0.25, -0.2) is 0 Å². The molecule has 0 fully saturated rings. The minimum atomic E-state index is -0.649. The van der Waals surface area contributed by atoms with E-state index in [1.165, 1.54) is 22.3 Å². The predicted octanol–water partition coefficient (Wildman–Crippen LogP) is 3.91. The highest BCUT2D eigenvalue weighted by atomic mass is 16.5. The Labute approximate surface area is 153 Å². The summed E-state index contributed by atoms with van der Waals surface area (Å²) in [6.45, 7) is 0.315. The second kappa shape index (κ2) is 7.14. The molecule has 2 N–H and O–H groups in total. The maximum Gasteiger partial charge on any atom is 0.323 e. The second-order valence-electron chi connectivity index (χ2n) is 6.65. The van der Waals surface area contributed by atoms with Gasteiger partial charge < -0.3 is 10.5 Å². The summed E-state index contributed by atoms with van der Waals surface area (Å²) >= 11 is 0. The van der Waals surface area contributed by atoms with Crippen molar-refractivity contribution in [2.24, 2.45) is 5.73 Å². The molecule has 0 saturated heterocycles. The number of carbonyl (C=O) groups excluding carboxylic acids is 1. The average molecular weight is 343 g/mol. The lowest BCUT2D eigenvalue weighted by molar-refractivity contribution is -0.145. The van der Waals surface area contributed by atoms with Gasteiger partial charge >= 0.3 is 5.97 Å². The van der Waals surface area contributed by atoms with Gasteiger partial charge in [-0.05, 0) is 34.2 Å². The number of hydrogen-bond acceptors (Lipinski definition) is 3. The zero-order valence-electron chi connectivity index (χ0n) is 14.5. The molecule has 3 nitrogen and oxygen atoms in total. The van der Waals surface area contributed by atoms with Crippen molar-refractivity contribution in [3.05, 3.63) is 95.6 Å². The molecule has 3 heteroatoms. The zero-order chi connectivity index (χ0) is 17.9. The van der Waals surface area contributed by atoms with Crippen molar-refractivity contribution in [1.29, 1.82) is 0 Å². The van der Waals surface area contributed by atoms with Crippen molar-refractivity contribution in [2.75, 3.05) is 6.61 Å². The van der Waals surface area contributed by atoms with Crippen LogP contribution >= 0.6 is 0 Å². The minimum absolute atomic E-state index is 0.0651. The van der Waals surface area contributed by atoms with Crippen molar-refractivity contribution in [3.8, 4) is 11.1 Å². The monoisotopic (exact) mass is 343 g/mol. The van der Waals surface area contributed by atoms with Gasteiger partial charge in [0.15, 0.2) is 0 Å². The van der Waals surface area contributed by atoms with Crippen LogP contribution in [0.25, 0.3) is 11.1 Å². The third-order valence-electron chi connectivity index (χ3n) is 4.96. The van der Waals surface area contributed by atoms with E-state index >= 15 is 0 Å². The summed E-state index contributed by atoms with van der Waals surface area (Å²) in [5.74, 6) is -0.286. The maximum absolute atomic E-state index is 12.4. The van der Waals surface area contributed by atoms with Crippen LogP contribution in [0.1, 0.15) is 22.6 Å². The van der Waals surface area contributed by atoms with Crippen molar-refractivity contribution in [1.82, 2.24) is 0 Å². The highest BCUT2D eigenvalue weighted by molar-refractivity contribution is 5.79. The standard InChI is InChI=1S/C23H21NO2/c24-22(14-16-8-2-1-3-9-16)23(25)26-15-21-19-12-6-4-10-17(19)18-11-5-7-13-20(18)21/h1-13,21-22H,14-15,24H2/t22-/m0/s1. The number of nitrogens with two attached hydrogens (primary N) is 1. The molecule has 0 radical (unpaired) electrons. The van der Waals surface area contributed by atoms with Gasteiger partial charge in [0.1, 0.15) is 12.6 Å². The Balaban J connectivity index is 1.47. The summed E-state index contributed by atoms with van der Waals surface area (Å²) in [5.41, 5.74) is 11.9. The molecule has 1 aliphatic carbocycles. The summed E-state index contributed by atoms with van der Waals surface area (Å²) in [7, 11) is 0. The van der Waals surface area contributed by atoms with E-state index < -0.39 is 6.04 Å². The van der Waals surface area contributed by atoms with Crippen molar-refractivity contribution in [2.45, 2.75) is 18.4 Å². The van der Waals surface area contributed by atoms with Gasteiger partial charge in [0.2, 0.25) is 0 Å². The molecule has 0 saturated carbocycles. The van der Waals surface area contributed by atoms with Crippen LogP contribution in [0.2, 0.25) is 0 Å². The molecule has 0 unspecified atom stereocenters. The zero-order valence-corrected chi connectivity index (χ0v) is 14.5. The van der Waals surface area contributed by atoms with E-state index in [9.17, 15) is 4.79 Å². The molecule has 130 valence electrons. The third kappa shape index (κ3) is 3.14. The Kier molecular flexibility index (Phi) is 4.55. The fourth-order valence-electron chi connectivity index (χ4n) is 3.66.